The first-order valence-electron chi connectivity index (χ1n) is 13.8. The molecule has 10 nitrogen and oxygen atoms in total. The molecule has 0 saturated carbocycles. The third-order valence-electron chi connectivity index (χ3n) is 6.64. The summed E-state index contributed by atoms with van der Waals surface area (Å²) in [6.07, 6.45) is 1.63. The van der Waals surface area contributed by atoms with Crippen LogP contribution in [0, 0.1) is 0 Å². The molecule has 224 valence electrons. The number of nitrogens with two attached hydrogens (primary N) is 1. The Kier molecular flexibility index (Phi) is 10.9. The molecule has 0 aliphatic rings. The van der Waals surface area contributed by atoms with Crippen molar-refractivity contribution in [2.45, 2.75) is 32.5 Å². The number of methoxy groups -OCH3 is 3. The Hall–Kier alpha value is -5.09. The normalized spacial score (nSPS) is 10.5. The van der Waals surface area contributed by atoms with Crippen LogP contribution >= 0.6 is 0 Å². The van der Waals surface area contributed by atoms with Crippen molar-refractivity contribution in [3.63, 3.8) is 0 Å². The molecule has 0 atom stereocenters. The van der Waals surface area contributed by atoms with Gasteiger partial charge in [0.2, 0.25) is 17.6 Å². The number of nitrogens with zero attached hydrogens (tertiary/aromatic N) is 2. The molecule has 0 fully saturated rings. The van der Waals surface area contributed by atoms with Crippen LogP contribution in [0.1, 0.15) is 29.7 Å². The Morgan fingerprint density at radius 1 is 0.814 bits per heavy atom. The zero-order chi connectivity index (χ0) is 30.6. The highest BCUT2D eigenvalue weighted by Crippen LogP contribution is 2.40. The number of ether oxygens (including phenoxy) is 4. The van der Waals surface area contributed by atoms with Crippen LogP contribution < -0.4 is 34.9 Å². The molecule has 0 aliphatic heterocycles. The third kappa shape index (κ3) is 8.23. The molecule has 10 heteroatoms. The first-order valence-corrected chi connectivity index (χ1v) is 13.8. The van der Waals surface area contributed by atoms with E-state index in [1.807, 2.05) is 54.6 Å². The number of benzene rings is 3. The molecule has 0 spiro atoms. The van der Waals surface area contributed by atoms with Crippen LogP contribution in [0.3, 0.4) is 0 Å². The molecule has 4 aromatic rings. The van der Waals surface area contributed by atoms with E-state index in [1.165, 1.54) is 21.3 Å². The van der Waals surface area contributed by atoms with Gasteiger partial charge in [-0.25, -0.2) is 0 Å². The number of carbonyl (C=O) groups excluding carboxylic acids is 2. The highest BCUT2D eigenvalue weighted by Gasteiger charge is 2.23. The number of hydrogen-bond acceptors (Lipinski definition) is 8. The van der Waals surface area contributed by atoms with Gasteiger partial charge >= 0.3 is 0 Å². The van der Waals surface area contributed by atoms with E-state index in [9.17, 15) is 9.59 Å². The Labute approximate surface area is 251 Å². The summed E-state index contributed by atoms with van der Waals surface area (Å²) < 4.78 is 22.8. The quantitative estimate of drug-likeness (QED) is 0.212. The molecule has 0 unspecified atom stereocenters. The van der Waals surface area contributed by atoms with Crippen LogP contribution in [0.5, 0.6) is 28.7 Å². The average Bonchev–Trinajstić information content (AvgIpc) is 3.05. The number of carbonyl (C=O) groups is 2. The summed E-state index contributed by atoms with van der Waals surface area (Å²) in [5.74, 6) is 1.90. The van der Waals surface area contributed by atoms with Crippen LogP contribution in [-0.4, -0.2) is 38.1 Å². The fourth-order valence-electron chi connectivity index (χ4n) is 4.48. The van der Waals surface area contributed by atoms with Crippen molar-refractivity contribution in [2.24, 2.45) is 5.73 Å². The van der Waals surface area contributed by atoms with Crippen molar-refractivity contribution < 1.29 is 28.5 Å². The fourth-order valence-corrected chi connectivity index (χ4v) is 4.48. The first kappa shape index (κ1) is 30.9. The van der Waals surface area contributed by atoms with Crippen LogP contribution in [-0.2, 0) is 29.2 Å². The Balaban J connectivity index is 1.62. The standard InChI is InChI=1S/C33H36N4O6/c1-40-29-18-24(19-30(41-2)33(29)42-3)22-37(32(39)15-14-31(38)36-21-25-10-6-7-16-35-25)27-12-4-5-13-28(27)43-26-11-8-9-23(17-26)20-34/h4-13,16-19H,14-15,20-22,34H2,1-3H3,(H,36,38). The van der Waals surface area contributed by atoms with E-state index >= 15 is 0 Å². The average molecular weight is 585 g/mol. The number of anilines is 1. The highest BCUT2D eigenvalue weighted by atomic mass is 16.5. The number of pyridine rings is 1. The molecule has 1 aromatic heterocycles. The van der Waals surface area contributed by atoms with Crippen molar-refractivity contribution in [1.29, 1.82) is 0 Å². The molecule has 3 aromatic carbocycles. The predicted molar refractivity (Wildman–Crippen MR) is 163 cm³/mol. The van der Waals surface area contributed by atoms with Gasteiger partial charge in [0.15, 0.2) is 17.2 Å². The summed E-state index contributed by atoms with van der Waals surface area (Å²) in [4.78, 5) is 32.3. The van der Waals surface area contributed by atoms with E-state index in [4.69, 9.17) is 24.7 Å². The van der Waals surface area contributed by atoms with Crippen LogP contribution in [0.2, 0.25) is 0 Å². The van der Waals surface area contributed by atoms with Crippen molar-refractivity contribution in [2.75, 3.05) is 26.2 Å². The maximum atomic E-state index is 13.8. The molecule has 1 heterocycles. The maximum absolute atomic E-state index is 13.8. The van der Waals surface area contributed by atoms with Crippen molar-refractivity contribution in [1.82, 2.24) is 10.3 Å². The zero-order valence-corrected chi connectivity index (χ0v) is 24.5. The van der Waals surface area contributed by atoms with E-state index in [0.29, 0.717) is 41.0 Å². The number of aromatic nitrogens is 1. The van der Waals surface area contributed by atoms with E-state index < -0.39 is 0 Å². The van der Waals surface area contributed by atoms with E-state index in [2.05, 4.69) is 10.3 Å². The van der Waals surface area contributed by atoms with Crippen molar-refractivity contribution in [3.05, 3.63) is 102 Å². The summed E-state index contributed by atoms with van der Waals surface area (Å²) >= 11 is 0. The monoisotopic (exact) mass is 584 g/mol. The maximum Gasteiger partial charge on any atom is 0.227 e. The summed E-state index contributed by atoms with van der Waals surface area (Å²) in [5.41, 5.74) is 8.73. The van der Waals surface area contributed by atoms with Gasteiger partial charge in [-0.05, 0) is 59.7 Å². The number of para-hydroxylation sites is 2. The molecule has 0 aliphatic carbocycles. The molecule has 3 N–H and O–H groups in total. The van der Waals surface area contributed by atoms with Crippen molar-refractivity contribution in [3.8, 4) is 28.7 Å². The molecular formula is C33H36N4O6. The Bertz CT molecular complexity index is 1500. The van der Waals surface area contributed by atoms with Gasteiger partial charge in [0.25, 0.3) is 0 Å². The van der Waals surface area contributed by atoms with E-state index in [0.717, 1.165) is 16.8 Å². The van der Waals surface area contributed by atoms with Gasteiger partial charge in [-0.15, -0.1) is 0 Å². The van der Waals surface area contributed by atoms with E-state index in [1.54, 1.807) is 35.4 Å². The van der Waals surface area contributed by atoms with E-state index in [-0.39, 0.29) is 37.7 Å². The van der Waals surface area contributed by atoms with Gasteiger partial charge in [0, 0.05) is 25.6 Å². The zero-order valence-electron chi connectivity index (χ0n) is 24.5. The number of nitrogens with one attached hydrogen (secondary N) is 1. The second kappa shape index (κ2) is 15.2. The largest absolute Gasteiger partial charge is 0.493 e. The van der Waals surface area contributed by atoms with Gasteiger partial charge in [-0.1, -0.05) is 30.3 Å². The molecule has 43 heavy (non-hydrogen) atoms. The lowest BCUT2D eigenvalue weighted by Crippen LogP contribution is -2.32. The van der Waals surface area contributed by atoms with Gasteiger partial charge in [-0.2, -0.15) is 0 Å². The fraction of sp³-hybridized carbons (Fsp3) is 0.242. The molecule has 4 rings (SSSR count). The van der Waals surface area contributed by atoms with Gasteiger partial charge in [0.05, 0.1) is 45.8 Å². The highest BCUT2D eigenvalue weighted by molar-refractivity contribution is 5.96. The smallest absolute Gasteiger partial charge is 0.227 e. The lowest BCUT2D eigenvalue weighted by atomic mass is 10.1. The summed E-state index contributed by atoms with van der Waals surface area (Å²) in [5, 5.41) is 2.83. The molecule has 0 radical (unpaired) electrons. The summed E-state index contributed by atoms with van der Waals surface area (Å²) in [7, 11) is 4.60. The topological polar surface area (TPSA) is 125 Å². The minimum atomic E-state index is -0.270. The third-order valence-corrected chi connectivity index (χ3v) is 6.64. The SMILES string of the molecule is COc1cc(CN(C(=O)CCC(=O)NCc2ccccn2)c2ccccc2Oc2cccc(CN)c2)cc(OC)c1OC. The Morgan fingerprint density at radius 3 is 2.23 bits per heavy atom. The predicted octanol–water partition coefficient (Wildman–Crippen LogP) is 4.99. The number of hydrogen-bond donors (Lipinski definition) is 2. The minimum absolute atomic E-state index is 0.00100. The number of amides is 2. The first-order chi connectivity index (χ1) is 20.9. The minimum Gasteiger partial charge on any atom is -0.493 e. The summed E-state index contributed by atoms with van der Waals surface area (Å²) in [6.45, 7) is 0.795. The lowest BCUT2D eigenvalue weighted by Gasteiger charge is -2.26. The van der Waals surface area contributed by atoms with Gasteiger partial charge < -0.3 is 34.9 Å². The molecular weight excluding hydrogens is 548 g/mol. The number of rotatable bonds is 14. The molecule has 2 amide bonds. The second-order valence-electron chi connectivity index (χ2n) is 9.53. The van der Waals surface area contributed by atoms with Gasteiger partial charge in [0.1, 0.15) is 5.75 Å². The van der Waals surface area contributed by atoms with Crippen LogP contribution in [0.25, 0.3) is 0 Å². The molecule has 0 bridgehead atoms. The van der Waals surface area contributed by atoms with Crippen LogP contribution in [0.4, 0.5) is 5.69 Å². The lowest BCUT2D eigenvalue weighted by molar-refractivity contribution is -0.125. The summed E-state index contributed by atoms with van der Waals surface area (Å²) in [6, 6.07) is 23.8. The van der Waals surface area contributed by atoms with Gasteiger partial charge in [-0.3, -0.25) is 14.6 Å². The second-order valence-corrected chi connectivity index (χ2v) is 9.53. The van der Waals surface area contributed by atoms with Crippen LogP contribution in [0.15, 0.2) is 85.1 Å². The molecule has 0 saturated heterocycles. The van der Waals surface area contributed by atoms with Crippen molar-refractivity contribution >= 4 is 17.5 Å². The Morgan fingerprint density at radius 2 is 1.56 bits per heavy atom.